The largest absolute Gasteiger partial charge is 0.314 e. The highest BCUT2D eigenvalue weighted by atomic mass is 16.2. The molecule has 0 saturated carbocycles. The Morgan fingerprint density at radius 1 is 1.15 bits per heavy atom. The van der Waals surface area contributed by atoms with Crippen molar-refractivity contribution in [2.24, 2.45) is 0 Å². The highest BCUT2D eigenvalue weighted by Crippen LogP contribution is 2.30. The van der Waals surface area contributed by atoms with Crippen LogP contribution in [0.3, 0.4) is 0 Å². The summed E-state index contributed by atoms with van der Waals surface area (Å²) in [6.45, 7) is 5.33. The van der Waals surface area contributed by atoms with Crippen molar-refractivity contribution in [2.75, 3.05) is 19.6 Å². The molecule has 2 N–H and O–H groups in total. The van der Waals surface area contributed by atoms with Crippen LogP contribution in [0.15, 0.2) is 18.2 Å². The molecule has 142 valence electrons. The topological polar surface area (TPSA) is 98.8 Å². The maximum atomic E-state index is 13.1. The normalized spacial score (nSPS) is 26.3. The monoisotopic (exact) mass is 370 g/mol. The minimum atomic E-state index is -0.930. The zero-order valence-corrected chi connectivity index (χ0v) is 15.2. The van der Waals surface area contributed by atoms with Crippen LogP contribution in [0.4, 0.5) is 0 Å². The number of hydrogen-bond acceptors (Lipinski definition) is 6. The first-order valence-corrected chi connectivity index (χ1v) is 9.25. The Bertz CT molecular complexity index is 837. The van der Waals surface area contributed by atoms with E-state index >= 15 is 0 Å². The lowest BCUT2D eigenvalue weighted by atomic mass is 10.0. The number of imide groups is 2. The summed E-state index contributed by atoms with van der Waals surface area (Å²) < 4.78 is 0. The van der Waals surface area contributed by atoms with E-state index in [1.807, 2.05) is 6.07 Å². The van der Waals surface area contributed by atoms with E-state index in [0.717, 1.165) is 30.1 Å². The Kier molecular flexibility index (Phi) is 4.53. The molecule has 0 radical (unpaired) electrons. The van der Waals surface area contributed by atoms with Gasteiger partial charge < -0.3 is 5.32 Å². The van der Waals surface area contributed by atoms with Crippen LogP contribution in [0.5, 0.6) is 0 Å². The molecule has 1 unspecified atom stereocenters. The highest BCUT2D eigenvalue weighted by Gasteiger charge is 2.45. The van der Waals surface area contributed by atoms with Crippen molar-refractivity contribution in [2.45, 2.75) is 38.4 Å². The van der Waals surface area contributed by atoms with Gasteiger partial charge in [0.1, 0.15) is 6.04 Å². The number of amides is 4. The number of nitrogens with zero attached hydrogens (tertiary/aromatic N) is 2. The Hall–Kier alpha value is -2.58. The Balaban J connectivity index is 1.63. The lowest BCUT2D eigenvalue weighted by molar-refractivity contribution is -0.136. The first-order chi connectivity index (χ1) is 13.0. The van der Waals surface area contributed by atoms with Crippen LogP contribution in [0, 0.1) is 0 Å². The summed E-state index contributed by atoms with van der Waals surface area (Å²) in [5.74, 6) is -1.86. The molecule has 3 aliphatic heterocycles. The van der Waals surface area contributed by atoms with Crippen LogP contribution >= 0.6 is 0 Å². The molecule has 1 aromatic rings. The fraction of sp³-hybridized carbons (Fsp3) is 0.474. The van der Waals surface area contributed by atoms with Gasteiger partial charge in [-0.15, -0.1) is 0 Å². The van der Waals surface area contributed by atoms with Crippen molar-refractivity contribution in [3.8, 4) is 0 Å². The summed E-state index contributed by atoms with van der Waals surface area (Å²) >= 11 is 0. The molecule has 2 fully saturated rings. The molecule has 3 heterocycles. The first-order valence-electron chi connectivity index (χ1n) is 9.25. The molecule has 2 saturated heterocycles. The maximum Gasteiger partial charge on any atom is 0.262 e. The van der Waals surface area contributed by atoms with Gasteiger partial charge in [-0.3, -0.25) is 34.3 Å². The number of rotatable bonds is 3. The predicted octanol–water partition coefficient (Wildman–Crippen LogP) is -0.118. The van der Waals surface area contributed by atoms with E-state index in [9.17, 15) is 19.2 Å². The zero-order chi connectivity index (χ0) is 19.1. The lowest BCUT2D eigenvalue weighted by Gasteiger charge is -2.34. The number of carbonyl (C=O) groups is 4. The minimum Gasteiger partial charge on any atom is -0.314 e. The van der Waals surface area contributed by atoms with Gasteiger partial charge in [-0.2, -0.15) is 0 Å². The van der Waals surface area contributed by atoms with Crippen molar-refractivity contribution in [1.29, 1.82) is 0 Å². The van der Waals surface area contributed by atoms with Crippen LogP contribution < -0.4 is 10.6 Å². The molecular weight excluding hydrogens is 348 g/mol. The fourth-order valence-corrected chi connectivity index (χ4v) is 4.05. The molecule has 4 amide bonds. The van der Waals surface area contributed by atoms with Gasteiger partial charge in [0, 0.05) is 38.6 Å². The van der Waals surface area contributed by atoms with Crippen molar-refractivity contribution in [1.82, 2.24) is 20.4 Å². The van der Waals surface area contributed by atoms with Crippen LogP contribution in [0.25, 0.3) is 0 Å². The molecule has 0 aromatic heterocycles. The van der Waals surface area contributed by atoms with E-state index in [1.165, 1.54) is 0 Å². The van der Waals surface area contributed by atoms with Crippen LogP contribution in [-0.2, 0) is 16.1 Å². The number of hydrogen-bond donors (Lipinski definition) is 2. The second kappa shape index (κ2) is 6.86. The van der Waals surface area contributed by atoms with Gasteiger partial charge in [-0.05, 0) is 25.0 Å². The molecule has 4 rings (SSSR count). The third-order valence-electron chi connectivity index (χ3n) is 5.57. The molecule has 0 bridgehead atoms. The van der Waals surface area contributed by atoms with Gasteiger partial charge in [0.25, 0.3) is 11.8 Å². The van der Waals surface area contributed by atoms with Gasteiger partial charge in [0.15, 0.2) is 0 Å². The first kappa shape index (κ1) is 17.8. The summed E-state index contributed by atoms with van der Waals surface area (Å²) in [5.41, 5.74) is 1.53. The second-order valence-corrected chi connectivity index (χ2v) is 7.31. The third kappa shape index (κ3) is 3.04. The standard InChI is InChI=1S/C19H22N4O4/c1-11-9-20-7-8-22(11)10-12-3-2-4-13-16(12)19(27)23(18(13)26)14-5-6-15(24)21-17(14)25/h2-4,11,14,20H,5-10H2,1H3,(H,21,24,25)/t11-,14?/m0/s1. The van der Waals surface area contributed by atoms with Gasteiger partial charge in [0.2, 0.25) is 11.8 Å². The number of benzene rings is 1. The molecule has 1 aromatic carbocycles. The minimum absolute atomic E-state index is 0.120. The maximum absolute atomic E-state index is 13.1. The predicted molar refractivity (Wildman–Crippen MR) is 95.9 cm³/mol. The van der Waals surface area contributed by atoms with E-state index in [2.05, 4.69) is 22.5 Å². The third-order valence-corrected chi connectivity index (χ3v) is 5.57. The SMILES string of the molecule is C[C@H]1CNCCN1Cc1cccc2c1C(=O)N(C1CCC(=O)NC1=O)C2=O. The summed E-state index contributed by atoms with van der Waals surface area (Å²) in [5, 5.41) is 5.56. The average molecular weight is 370 g/mol. The summed E-state index contributed by atoms with van der Waals surface area (Å²) in [6.07, 6.45) is 0.287. The summed E-state index contributed by atoms with van der Waals surface area (Å²) in [4.78, 5) is 52.8. The van der Waals surface area contributed by atoms with E-state index in [0.29, 0.717) is 23.7 Å². The molecular formula is C19H22N4O4. The Labute approximate surface area is 156 Å². The van der Waals surface area contributed by atoms with Crippen LogP contribution in [-0.4, -0.2) is 65.1 Å². The molecule has 27 heavy (non-hydrogen) atoms. The van der Waals surface area contributed by atoms with E-state index in [4.69, 9.17) is 0 Å². The van der Waals surface area contributed by atoms with E-state index < -0.39 is 23.8 Å². The zero-order valence-electron chi connectivity index (χ0n) is 15.2. The van der Waals surface area contributed by atoms with Crippen molar-refractivity contribution in [3.63, 3.8) is 0 Å². The molecule has 8 nitrogen and oxygen atoms in total. The van der Waals surface area contributed by atoms with Gasteiger partial charge in [0.05, 0.1) is 11.1 Å². The van der Waals surface area contributed by atoms with Crippen LogP contribution in [0.1, 0.15) is 46.0 Å². The quantitative estimate of drug-likeness (QED) is 0.720. The second-order valence-electron chi connectivity index (χ2n) is 7.31. The Morgan fingerprint density at radius 3 is 2.70 bits per heavy atom. The van der Waals surface area contributed by atoms with Crippen molar-refractivity contribution >= 4 is 23.6 Å². The number of piperazine rings is 1. The van der Waals surface area contributed by atoms with E-state index in [1.54, 1.807) is 12.1 Å². The molecule has 0 aliphatic carbocycles. The Morgan fingerprint density at radius 2 is 1.96 bits per heavy atom. The van der Waals surface area contributed by atoms with Crippen molar-refractivity contribution < 1.29 is 19.2 Å². The molecule has 3 aliphatic rings. The molecule has 8 heteroatoms. The fourth-order valence-electron chi connectivity index (χ4n) is 4.05. The lowest BCUT2D eigenvalue weighted by Crippen LogP contribution is -2.54. The summed E-state index contributed by atoms with van der Waals surface area (Å²) in [6, 6.07) is 4.67. The van der Waals surface area contributed by atoms with Gasteiger partial charge in [-0.25, -0.2) is 0 Å². The smallest absolute Gasteiger partial charge is 0.262 e. The van der Waals surface area contributed by atoms with Crippen molar-refractivity contribution in [3.05, 3.63) is 34.9 Å². The van der Waals surface area contributed by atoms with Gasteiger partial charge in [-0.1, -0.05) is 12.1 Å². The van der Waals surface area contributed by atoms with E-state index in [-0.39, 0.29) is 18.7 Å². The number of fused-ring (bicyclic) bond motifs is 1. The van der Waals surface area contributed by atoms with Gasteiger partial charge >= 0.3 is 0 Å². The molecule has 0 spiro atoms. The average Bonchev–Trinajstić information content (AvgIpc) is 2.89. The number of nitrogens with one attached hydrogen (secondary N) is 2. The summed E-state index contributed by atoms with van der Waals surface area (Å²) in [7, 11) is 0. The molecule has 2 atom stereocenters. The number of piperidine rings is 1. The van der Waals surface area contributed by atoms with Crippen LogP contribution in [0.2, 0.25) is 0 Å². The highest BCUT2D eigenvalue weighted by molar-refractivity contribution is 6.24. The number of carbonyl (C=O) groups excluding carboxylic acids is 4.